The molecule has 1 aliphatic heterocycles. The van der Waals surface area contributed by atoms with Crippen molar-refractivity contribution in [1.82, 2.24) is 9.88 Å². The monoisotopic (exact) mass is 228 g/mol. The van der Waals surface area contributed by atoms with Gasteiger partial charge in [-0.25, -0.2) is 8.78 Å². The molecule has 1 fully saturated rings. The molecule has 0 atom stereocenters. The Bertz CT molecular complexity index is 470. The highest BCUT2D eigenvalue weighted by atomic mass is 19.3. The minimum atomic E-state index is -2.84. The Labute approximate surface area is 89.9 Å². The maximum Gasteiger partial charge on any atom is 0.267 e. The summed E-state index contributed by atoms with van der Waals surface area (Å²) in [6.07, 6.45) is 2.28. The van der Waals surface area contributed by atoms with Gasteiger partial charge in [0.2, 0.25) is 0 Å². The molecule has 1 saturated heterocycles. The predicted molar refractivity (Wildman–Crippen MR) is 52.5 cm³/mol. The Hall–Kier alpha value is -1.72. The van der Waals surface area contributed by atoms with Gasteiger partial charge < -0.3 is 9.88 Å². The van der Waals surface area contributed by atoms with Crippen molar-refractivity contribution in [2.75, 3.05) is 13.1 Å². The molecule has 0 radical (unpaired) electrons. The van der Waals surface area contributed by atoms with E-state index in [4.69, 9.17) is 0 Å². The Morgan fingerprint density at radius 1 is 1.50 bits per heavy atom. The van der Waals surface area contributed by atoms with Crippen LogP contribution in [-0.2, 0) is 0 Å². The molecule has 1 aliphatic rings. The van der Waals surface area contributed by atoms with Crippen LogP contribution in [-0.4, -0.2) is 34.8 Å². The number of rotatable bonds is 1. The highest BCUT2D eigenvalue weighted by Crippen LogP contribution is 2.27. The number of nitrogens with one attached hydrogen (secondary N) is 1. The molecular weight excluding hydrogens is 218 g/mol. The van der Waals surface area contributed by atoms with Gasteiger partial charge in [0, 0.05) is 31.4 Å². The Morgan fingerprint density at radius 2 is 2.25 bits per heavy atom. The van der Waals surface area contributed by atoms with Crippen molar-refractivity contribution in [2.45, 2.75) is 12.3 Å². The number of aromatic nitrogens is 1. The van der Waals surface area contributed by atoms with E-state index in [9.17, 15) is 18.4 Å². The van der Waals surface area contributed by atoms with Gasteiger partial charge in [0.05, 0.1) is 6.54 Å². The van der Waals surface area contributed by atoms with Crippen molar-refractivity contribution in [3.05, 3.63) is 34.2 Å². The van der Waals surface area contributed by atoms with Crippen LogP contribution in [0.5, 0.6) is 0 Å². The summed E-state index contributed by atoms with van der Waals surface area (Å²) in [6.45, 7) is -0.625. The SMILES string of the molecule is O=C(c1c[nH]ccc1=O)N1CCC(F)(F)C1. The van der Waals surface area contributed by atoms with Crippen molar-refractivity contribution < 1.29 is 13.6 Å². The summed E-state index contributed by atoms with van der Waals surface area (Å²) in [5.41, 5.74) is -0.556. The molecule has 1 amide bonds. The maximum absolute atomic E-state index is 12.9. The lowest BCUT2D eigenvalue weighted by molar-refractivity contribution is 0.0120. The average Bonchev–Trinajstić information content (AvgIpc) is 2.59. The van der Waals surface area contributed by atoms with E-state index in [0.717, 1.165) is 4.90 Å². The fourth-order valence-corrected chi connectivity index (χ4v) is 1.66. The van der Waals surface area contributed by atoms with Gasteiger partial charge in [0.25, 0.3) is 11.8 Å². The van der Waals surface area contributed by atoms with E-state index in [0.29, 0.717) is 0 Å². The normalized spacial score (nSPS) is 18.8. The zero-order valence-electron chi connectivity index (χ0n) is 8.37. The number of H-pyrrole nitrogens is 1. The van der Waals surface area contributed by atoms with E-state index in [1.165, 1.54) is 18.5 Å². The van der Waals surface area contributed by atoms with Crippen molar-refractivity contribution in [1.29, 1.82) is 0 Å². The van der Waals surface area contributed by atoms with E-state index in [-0.39, 0.29) is 18.5 Å². The first-order chi connectivity index (χ1) is 7.49. The summed E-state index contributed by atoms with van der Waals surface area (Å²) in [7, 11) is 0. The highest BCUT2D eigenvalue weighted by Gasteiger charge is 2.40. The van der Waals surface area contributed by atoms with Gasteiger partial charge in [0.15, 0.2) is 5.43 Å². The second-order valence-electron chi connectivity index (χ2n) is 3.75. The van der Waals surface area contributed by atoms with Crippen molar-refractivity contribution >= 4 is 5.91 Å². The van der Waals surface area contributed by atoms with Gasteiger partial charge in [-0.15, -0.1) is 0 Å². The fourth-order valence-electron chi connectivity index (χ4n) is 1.66. The average molecular weight is 228 g/mol. The summed E-state index contributed by atoms with van der Waals surface area (Å²) in [5.74, 6) is -3.48. The van der Waals surface area contributed by atoms with E-state index in [1.54, 1.807) is 0 Å². The van der Waals surface area contributed by atoms with Gasteiger partial charge in [0.1, 0.15) is 5.56 Å². The Morgan fingerprint density at radius 3 is 2.81 bits per heavy atom. The molecule has 6 heteroatoms. The summed E-state index contributed by atoms with van der Waals surface area (Å²) < 4.78 is 25.8. The molecule has 1 aromatic rings. The maximum atomic E-state index is 12.9. The van der Waals surface area contributed by atoms with Gasteiger partial charge in [-0.2, -0.15) is 0 Å². The number of likely N-dealkylation sites (tertiary alicyclic amines) is 1. The molecular formula is C10H10F2N2O2. The van der Waals surface area contributed by atoms with Crippen LogP contribution in [0.25, 0.3) is 0 Å². The van der Waals surface area contributed by atoms with Crippen LogP contribution < -0.4 is 5.43 Å². The summed E-state index contributed by atoms with van der Waals surface area (Å²) in [6, 6.07) is 1.20. The van der Waals surface area contributed by atoms with Gasteiger partial charge in [-0.1, -0.05) is 0 Å². The Balaban J connectivity index is 2.22. The molecule has 86 valence electrons. The van der Waals surface area contributed by atoms with Crippen molar-refractivity contribution in [2.24, 2.45) is 0 Å². The summed E-state index contributed by atoms with van der Waals surface area (Å²) >= 11 is 0. The molecule has 0 saturated carbocycles. The topological polar surface area (TPSA) is 53.2 Å². The molecule has 2 rings (SSSR count). The molecule has 1 aromatic heterocycles. The van der Waals surface area contributed by atoms with Crippen LogP contribution in [0, 0.1) is 0 Å². The van der Waals surface area contributed by atoms with Crippen molar-refractivity contribution in [3.8, 4) is 0 Å². The van der Waals surface area contributed by atoms with E-state index >= 15 is 0 Å². The number of hydrogen-bond acceptors (Lipinski definition) is 2. The lowest BCUT2D eigenvalue weighted by atomic mass is 10.2. The number of halogens is 2. The van der Waals surface area contributed by atoms with Crippen LogP contribution >= 0.6 is 0 Å². The number of carbonyl (C=O) groups is 1. The third-order valence-corrected chi connectivity index (χ3v) is 2.51. The first-order valence-electron chi connectivity index (χ1n) is 4.84. The second-order valence-corrected chi connectivity index (χ2v) is 3.75. The third kappa shape index (κ3) is 1.95. The quantitative estimate of drug-likeness (QED) is 0.774. The predicted octanol–water partition coefficient (Wildman–Crippen LogP) is 0.856. The largest absolute Gasteiger partial charge is 0.367 e. The minimum absolute atomic E-state index is 0.0137. The molecule has 0 aliphatic carbocycles. The number of hydrogen-bond donors (Lipinski definition) is 1. The number of carbonyl (C=O) groups excluding carboxylic acids is 1. The number of pyridine rings is 1. The molecule has 0 aromatic carbocycles. The number of aromatic amines is 1. The zero-order chi connectivity index (χ0) is 11.8. The van der Waals surface area contributed by atoms with Crippen molar-refractivity contribution in [3.63, 3.8) is 0 Å². The molecule has 2 heterocycles. The van der Waals surface area contributed by atoms with E-state index in [1.807, 2.05) is 0 Å². The standard InChI is InChI=1S/C10H10F2N2O2/c11-10(12)2-4-14(6-10)9(16)7-5-13-3-1-8(7)15/h1,3,5H,2,4,6H2,(H,13,15). The van der Waals surface area contributed by atoms with Crippen LogP contribution in [0.3, 0.4) is 0 Å². The van der Waals surface area contributed by atoms with Gasteiger partial charge in [-0.3, -0.25) is 9.59 Å². The van der Waals surface area contributed by atoms with Crippen LogP contribution in [0.15, 0.2) is 23.3 Å². The molecule has 4 nitrogen and oxygen atoms in total. The lowest BCUT2D eigenvalue weighted by Crippen LogP contribution is -2.34. The molecule has 16 heavy (non-hydrogen) atoms. The van der Waals surface area contributed by atoms with Crippen LogP contribution in [0.1, 0.15) is 16.8 Å². The minimum Gasteiger partial charge on any atom is -0.367 e. The molecule has 0 spiro atoms. The molecule has 1 N–H and O–H groups in total. The van der Waals surface area contributed by atoms with E-state index in [2.05, 4.69) is 4.98 Å². The summed E-state index contributed by atoms with van der Waals surface area (Å²) in [4.78, 5) is 26.6. The fraction of sp³-hybridized carbons (Fsp3) is 0.400. The van der Waals surface area contributed by atoms with Crippen LogP contribution in [0.2, 0.25) is 0 Å². The number of nitrogens with zero attached hydrogens (tertiary/aromatic N) is 1. The van der Waals surface area contributed by atoms with Gasteiger partial charge >= 0.3 is 0 Å². The van der Waals surface area contributed by atoms with Gasteiger partial charge in [-0.05, 0) is 0 Å². The smallest absolute Gasteiger partial charge is 0.267 e. The third-order valence-electron chi connectivity index (χ3n) is 2.51. The Kier molecular flexibility index (Phi) is 2.49. The van der Waals surface area contributed by atoms with Crippen LogP contribution in [0.4, 0.5) is 8.78 Å². The molecule has 0 bridgehead atoms. The number of amides is 1. The zero-order valence-corrected chi connectivity index (χ0v) is 8.37. The molecule has 0 unspecified atom stereocenters. The summed E-state index contributed by atoms with van der Waals surface area (Å²) in [5, 5.41) is 0. The number of alkyl halides is 2. The first kappa shape index (κ1) is 10.8. The first-order valence-corrected chi connectivity index (χ1v) is 4.84. The highest BCUT2D eigenvalue weighted by molar-refractivity contribution is 5.94. The van der Waals surface area contributed by atoms with E-state index < -0.39 is 23.8 Å². The second kappa shape index (κ2) is 3.70. The lowest BCUT2D eigenvalue weighted by Gasteiger charge is -2.15.